The summed E-state index contributed by atoms with van der Waals surface area (Å²) in [6.07, 6.45) is 48.0. The van der Waals surface area contributed by atoms with Crippen molar-refractivity contribution in [1.82, 2.24) is 5.32 Å². The molecule has 9 nitrogen and oxygen atoms in total. The predicted octanol–water partition coefficient (Wildman–Crippen LogP) is 13.2. The highest BCUT2D eigenvalue weighted by atomic mass is 16.7. The van der Waals surface area contributed by atoms with E-state index < -0.39 is 49.5 Å². The van der Waals surface area contributed by atoms with Crippen LogP contribution in [0.3, 0.4) is 0 Å². The molecule has 0 aliphatic carbocycles. The summed E-state index contributed by atoms with van der Waals surface area (Å²) in [6, 6.07) is -0.718. The third-order valence-electron chi connectivity index (χ3n) is 13.6. The van der Waals surface area contributed by atoms with Gasteiger partial charge < -0.3 is 40.3 Å². The number of allylic oxidation sites excluding steroid dienone is 2. The smallest absolute Gasteiger partial charge is 0.220 e. The maximum atomic E-state index is 13.0. The molecule has 64 heavy (non-hydrogen) atoms. The highest BCUT2D eigenvalue weighted by Crippen LogP contribution is 2.23. The van der Waals surface area contributed by atoms with Crippen LogP contribution in [-0.2, 0) is 14.3 Å². The number of unbranched alkanes of at least 4 members (excludes halogenated alkanes) is 36. The molecule has 1 aliphatic heterocycles. The van der Waals surface area contributed by atoms with Gasteiger partial charge in [-0.2, -0.15) is 0 Å². The van der Waals surface area contributed by atoms with Gasteiger partial charge in [-0.05, 0) is 38.5 Å². The van der Waals surface area contributed by atoms with Gasteiger partial charge in [0, 0.05) is 6.42 Å². The highest BCUT2D eigenvalue weighted by Gasteiger charge is 2.44. The Kier molecular flexibility index (Phi) is 43.5. The monoisotopic (exact) mass is 910 g/mol. The number of hydrogen-bond acceptors (Lipinski definition) is 8. The van der Waals surface area contributed by atoms with E-state index in [4.69, 9.17) is 9.47 Å². The highest BCUT2D eigenvalue weighted by molar-refractivity contribution is 5.76. The summed E-state index contributed by atoms with van der Waals surface area (Å²) in [7, 11) is 0. The molecule has 6 N–H and O–H groups in total. The van der Waals surface area contributed by atoms with Gasteiger partial charge in [0.1, 0.15) is 24.4 Å². The lowest BCUT2D eigenvalue weighted by molar-refractivity contribution is -0.302. The number of nitrogens with one attached hydrogen (secondary N) is 1. The van der Waals surface area contributed by atoms with Gasteiger partial charge in [-0.3, -0.25) is 4.79 Å². The van der Waals surface area contributed by atoms with Crippen molar-refractivity contribution in [3.63, 3.8) is 0 Å². The SMILES string of the molecule is CCCCCCCCC/C=C\CCCCCCCCCC(=O)NC(COC1OC(CO)C(O)C(O)C1O)C(O)CCCCCCCCCCCCCCCCCCCCCCCCC. The molecule has 0 spiro atoms. The van der Waals surface area contributed by atoms with Gasteiger partial charge in [-0.15, -0.1) is 0 Å². The Morgan fingerprint density at radius 1 is 0.516 bits per heavy atom. The van der Waals surface area contributed by atoms with Crippen molar-refractivity contribution in [1.29, 1.82) is 0 Å². The number of rotatable bonds is 48. The fourth-order valence-corrected chi connectivity index (χ4v) is 9.16. The second kappa shape index (κ2) is 45.7. The van der Waals surface area contributed by atoms with Crippen molar-refractivity contribution in [2.24, 2.45) is 0 Å². The van der Waals surface area contributed by atoms with Gasteiger partial charge in [0.2, 0.25) is 5.91 Å². The van der Waals surface area contributed by atoms with Crippen LogP contribution in [0.5, 0.6) is 0 Å². The summed E-state index contributed by atoms with van der Waals surface area (Å²) < 4.78 is 11.3. The van der Waals surface area contributed by atoms with E-state index >= 15 is 0 Å². The fourth-order valence-electron chi connectivity index (χ4n) is 9.16. The van der Waals surface area contributed by atoms with Crippen LogP contribution in [0.1, 0.15) is 277 Å². The summed E-state index contributed by atoms with van der Waals surface area (Å²) in [4.78, 5) is 13.0. The van der Waals surface area contributed by atoms with Gasteiger partial charge >= 0.3 is 0 Å². The van der Waals surface area contributed by atoms with Gasteiger partial charge in [0.05, 0.1) is 25.4 Å². The lowest BCUT2D eigenvalue weighted by Crippen LogP contribution is -2.60. The lowest BCUT2D eigenvalue weighted by atomic mass is 9.99. The van der Waals surface area contributed by atoms with Crippen LogP contribution in [-0.4, -0.2) is 87.5 Å². The first-order valence-corrected chi connectivity index (χ1v) is 27.9. The van der Waals surface area contributed by atoms with Gasteiger partial charge in [-0.25, -0.2) is 0 Å². The molecule has 0 saturated carbocycles. The fraction of sp³-hybridized carbons (Fsp3) is 0.945. The maximum Gasteiger partial charge on any atom is 0.220 e. The van der Waals surface area contributed by atoms with Crippen LogP contribution in [0.4, 0.5) is 0 Å². The molecule has 1 rings (SSSR count). The third-order valence-corrected chi connectivity index (χ3v) is 13.6. The summed E-state index contributed by atoms with van der Waals surface area (Å²) in [6.45, 7) is 3.87. The Hall–Kier alpha value is -1.07. The Morgan fingerprint density at radius 2 is 0.875 bits per heavy atom. The Labute approximate surface area is 395 Å². The van der Waals surface area contributed by atoms with Crippen LogP contribution in [0.15, 0.2) is 12.2 Å². The third kappa shape index (κ3) is 35.1. The summed E-state index contributed by atoms with van der Waals surface area (Å²) >= 11 is 0. The summed E-state index contributed by atoms with van der Waals surface area (Å²) in [5.41, 5.74) is 0. The molecule has 1 saturated heterocycles. The molecule has 1 fully saturated rings. The molecular formula is C55H107NO8. The van der Waals surface area contributed by atoms with E-state index in [0.29, 0.717) is 12.8 Å². The van der Waals surface area contributed by atoms with E-state index in [0.717, 1.165) is 38.5 Å². The van der Waals surface area contributed by atoms with Gasteiger partial charge in [-0.1, -0.05) is 244 Å². The molecule has 1 heterocycles. The van der Waals surface area contributed by atoms with Crippen molar-refractivity contribution in [3.8, 4) is 0 Å². The molecule has 7 unspecified atom stereocenters. The number of carbonyl (C=O) groups excluding carboxylic acids is 1. The van der Waals surface area contributed by atoms with Gasteiger partial charge in [0.15, 0.2) is 6.29 Å². The van der Waals surface area contributed by atoms with E-state index in [9.17, 15) is 30.3 Å². The Balaban J connectivity index is 2.22. The predicted molar refractivity (Wildman–Crippen MR) is 267 cm³/mol. The molecular weight excluding hydrogens is 803 g/mol. The van der Waals surface area contributed by atoms with Crippen molar-refractivity contribution in [3.05, 3.63) is 12.2 Å². The zero-order valence-corrected chi connectivity index (χ0v) is 42.1. The zero-order chi connectivity index (χ0) is 46.6. The van der Waals surface area contributed by atoms with Crippen LogP contribution < -0.4 is 5.32 Å². The first-order valence-electron chi connectivity index (χ1n) is 27.9. The van der Waals surface area contributed by atoms with E-state index in [1.165, 1.54) is 212 Å². The van der Waals surface area contributed by atoms with Crippen LogP contribution in [0.25, 0.3) is 0 Å². The maximum absolute atomic E-state index is 13.0. The number of ether oxygens (including phenoxy) is 2. The normalized spacial score (nSPS) is 20.0. The summed E-state index contributed by atoms with van der Waals surface area (Å²) in [5.74, 6) is -0.144. The molecule has 7 atom stereocenters. The van der Waals surface area contributed by atoms with Crippen LogP contribution in [0.2, 0.25) is 0 Å². The summed E-state index contributed by atoms with van der Waals surface area (Å²) in [5, 5.41) is 54.6. The Morgan fingerprint density at radius 3 is 1.27 bits per heavy atom. The van der Waals surface area contributed by atoms with E-state index in [1.54, 1.807) is 0 Å². The molecule has 0 bridgehead atoms. The zero-order valence-electron chi connectivity index (χ0n) is 42.1. The first-order chi connectivity index (χ1) is 31.3. The number of aliphatic hydroxyl groups excluding tert-OH is 5. The number of carbonyl (C=O) groups is 1. The minimum Gasteiger partial charge on any atom is -0.394 e. The lowest BCUT2D eigenvalue weighted by Gasteiger charge is -2.40. The molecule has 9 heteroatoms. The average Bonchev–Trinajstić information content (AvgIpc) is 3.29. The quantitative estimate of drug-likeness (QED) is 0.0261. The molecule has 1 amide bonds. The van der Waals surface area contributed by atoms with Crippen LogP contribution >= 0.6 is 0 Å². The topological polar surface area (TPSA) is 149 Å². The second-order valence-electron chi connectivity index (χ2n) is 19.7. The first kappa shape index (κ1) is 60.9. The molecule has 0 aromatic carbocycles. The Bertz CT molecular complexity index is 1010. The minimum absolute atomic E-state index is 0.136. The number of aliphatic hydroxyl groups is 5. The van der Waals surface area contributed by atoms with Crippen molar-refractivity contribution in [2.45, 2.75) is 320 Å². The largest absolute Gasteiger partial charge is 0.394 e. The number of amides is 1. The van der Waals surface area contributed by atoms with E-state index in [2.05, 4.69) is 31.3 Å². The van der Waals surface area contributed by atoms with Crippen molar-refractivity contribution >= 4 is 5.91 Å². The molecule has 0 radical (unpaired) electrons. The number of hydrogen-bond donors (Lipinski definition) is 6. The van der Waals surface area contributed by atoms with Crippen molar-refractivity contribution in [2.75, 3.05) is 13.2 Å². The average molecular weight is 910 g/mol. The van der Waals surface area contributed by atoms with Crippen molar-refractivity contribution < 1.29 is 39.8 Å². The second-order valence-corrected chi connectivity index (χ2v) is 19.7. The van der Waals surface area contributed by atoms with E-state index in [1.807, 2.05) is 0 Å². The van der Waals surface area contributed by atoms with Crippen LogP contribution in [0, 0.1) is 0 Å². The molecule has 380 valence electrons. The van der Waals surface area contributed by atoms with E-state index in [-0.39, 0.29) is 12.5 Å². The molecule has 0 aromatic rings. The minimum atomic E-state index is -1.55. The standard InChI is InChI=1S/C55H107NO8/c1-3-5-7-9-11-13-15-17-19-21-23-24-25-26-27-28-30-32-34-36-38-40-42-44-49(58)48(47-63-55-54(62)53(61)52(60)50(46-57)64-55)56-51(59)45-43-41-39-37-35-33-31-29-22-20-18-16-14-12-10-8-6-4-2/h20,22,48-50,52-55,57-58,60-62H,3-19,21,23-47H2,1-2H3,(H,56,59)/b22-20-. The molecule has 1 aliphatic rings. The van der Waals surface area contributed by atoms with Gasteiger partial charge in [0.25, 0.3) is 0 Å². The molecule has 0 aromatic heterocycles.